The summed E-state index contributed by atoms with van der Waals surface area (Å²) in [6.45, 7) is 0.963. The standard InChI is InChI=1S/C12H14BrFN2O/c13-8-3-4-11(10(14)6-8)16-12(17)7-9-2-1-5-15-9/h3-4,6,9,15H,1-2,5,7H2,(H,16,17). The van der Waals surface area contributed by atoms with Gasteiger partial charge in [-0.15, -0.1) is 0 Å². The van der Waals surface area contributed by atoms with Crippen LogP contribution >= 0.6 is 15.9 Å². The molecular formula is C12H14BrFN2O. The van der Waals surface area contributed by atoms with Crippen LogP contribution in [0, 0.1) is 5.82 Å². The molecule has 0 saturated carbocycles. The van der Waals surface area contributed by atoms with Crippen LogP contribution in [0.5, 0.6) is 0 Å². The van der Waals surface area contributed by atoms with Gasteiger partial charge in [-0.25, -0.2) is 4.39 Å². The number of amides is 1. The van der Waals surface area contributed by atoms with Crippen molar-refractivity contribution in [3.63, 3.8) is 0 Å². The normalized spacial score (nSPS) is 19.3. The zero-order chi connectivity index (χ0) is 12.3. The predicted molar refractivity (Wildman–Crippen MR) is 68.4 cm³/mol. The van der Waals surface area contributed by atoms with Gasteiger partial charge in [-0.1, -0.05) is 15.9 Å². The summed E-state index contributed by atoms with van der Waals surface area (Å²) in [6.07, 6.45) is 2.51. The zero-order valence-corrected chi connectivity index (χ0v) is 10.9. The molecule has 1 aliphatic heterocycles. The van der Waals surface area contributed by atoms with E-state index in [9.17, 15) is 9.18 Å². The van der Waals surface area contributed by atoms with Gasteiger partial charge in [0.2, 0.25) is 5.91 Å². The molecule has 0 radical (unpaired) electrons. The fourth-order valence-electron chi connectivity index (χ4n) is 1.95. The predicted octanol–water partition coefficient (Wildman–Crippen LogP) is 2.67. The molecule has 92 valence electrons. The molecule has 2 N–H and O–H groups in total. The van der Waals surface area contributed by atoms with Gasteiger partial charge in [-0.05, 0) is 37.6 Å². The zero-order valence-electron chi connectivity index (χ0n) is 9.30. The number of carbonyl (C=O) groups is 1. The number of anilines is 1. The van der Waals surface area contributed by atoms with Crippen molar-refractivity contribution in [2.24, 2.45) is 0 Å². The Labute approximate surface area is 108 Å². The highest BCUT2D eigenvalue weighted by atomic mass is 79.9. The lowest BCUT2D eigenvalue weighted by atomic mass is 10.1. The molecule has 1 unspecified atom stereocenters. The first-order chi connectivity index (χ1) is 8.15. The smallest absolute Gasteiger partial charge is 0.226 e. The third kappa shape index (κ3) is 3.51. The SMILES string of the molecule is O=C(CC1CCCN1)Nc1ccc(Br)cc1F. The van der Waals surface area contributed by atoms with Crippen molar-refractivity contribution in [2.45, 2.75) is 25.3 Å². The summed E-state index contributed by atoms with van der Waals surface area (Å²) < 4.78 is 14.1. The van der Waals surface area contributed by atoms with Crippen molar-refractivity contribution in [1.82, 2.24) is 5.32 Å². The van der Waals surface area contributed by atoms with Crippen LogP contribution in [-0.4, -0.2) is 18.5 Å². The van der Waals surface area contributed by atoms with Crippen molar-refractivity contribution >= 4 is 27.5 Å². The summed E-state index contributed by atoms with van der Waals surface area (Å²) in [5.74, 6) is -0.572. The van der Waals surface area contributed by atoms with Crippen molar-refractivity contribution in [3.8, 4) is 0 Å². The Kier molecular flexibility index (Phi) is 4.12. The molecule has 1 amide bonds. The van der Waals surface area contributed by atoms with E-state index < -0.39 is 5.82 Å². The van der Waals surface area contributed by atoms with Gasteiger partial charge in [0, 0.05) is 16.9 Å². The lowest BCUT2D eigenvalue weighted by Crippen LogP contribution is -2.27. The Morgan fingerprint density at radius 2 is 2.41 bits per heavy atom. The number of hydrogen-bond donors (Lipinski definition) is 2. The van der Waals surface area contributed by atoms with E-state index in [1.807, 2.05) is 0 Å². The highest BCUT2D eigenvalue weighted by Crippen LogP contribution is 2.20. The molecule has 0 aromatic heterocycles. The van der Waals surface area contributed by atoms with Crippen molar-refractivity contribution in [2.75, 3.05) is 11.9 Å². The van der Waals surface area contributed by atoms with Crippen LogP contribution in [0.1, 0.15) is 19.3 Å². The molecular weight excluding hydrogens is 287 g/mol. The number of carbonyl (C=O) groups excluding carboxylic acids is 1. The van der Waals surface area contributed by atoms with E-state index in [2.05, 4.69) is 26.6 Å². The molecule has 3 nitrogen and oxygen atoms in total. The van der Waals surface area contributed by atoms with Gasteiger partial charge in [-0.3, -0.25) is 4.79 Å². The maximum atomic E-state index is 13.5. The first-order valence-corrected chi connectivity index (χ1v) is 6.43. The molecule has 1 atom stereocenters. The molecule has 1 aromatic carbocycles. The van der Waals surface area contributed by atoms with Gasteiger partial charge < -0.3 is 10.6 Å². The molecule has 0 bridgehead atoms. The van der Waals surface area contributed by atoms with Gasteiger partial charge in [0.05, 0.1) is 5.69 Å². The Morgan fingerprint density at radius 3 is 3.06 bits per heavy atom. The molecule has 1 heterocycles. The minimum Gasteiger partial charge on any atom is -0.324 e. The first kappa shape index (κ1) is 12.5. The largest absolute Gasteiger partial charge is 0.324 e. The molecule has 5 heteroatoms. The lowest BCUT2D eigenvalue weighted by molar-refractivity contribution is -0.116. The lowest BCUT2D eigenvalue weighted by Gasteiger charge is -2.11. The second-order valence-corrected chi connectivity index (χ2v) is 5.09. The number of hydrogen-bond acceptors (Lipinski definition) is 2. The van der Waals surface area contributed by atoms with E-state index in [1.165, 1.54) is 6.07 Å². The Hall–Kier alpha value is -0.940. The van der Waals surface area contributed by atoms with Crippen molar-refractivity contribution < 1.29 is 9.18 Å². The van der Waals surface area contributed by atoms with Gasteiger partial charge >= 0.3 is 0 Å². The molecule has 0 aliphatic carbocycles. The van der Waals surface area contributed by atoms with E-state index in [0.29, 0.717) is 10.9 Å². The molecule has 2 rings (SSSR count). The summed E-state index contributed by atoms with van der Waals surface area (Å²) in [6, 6.07) is 4.82. The van der Waals surface area contributed by atoms with Crippen LogP contribution in [0.2, 0.25) is 0 Å². The van der Waals surface area contributed by atoms with Gasteiger partial charge in [0.1, 0.15) is 5.82 Å². The highest BCUT2D eigenvalue weighted by Gasteiger charge is 2.18. The minimum absolute atomic E-state index is 0.148. The number of rotatable bonds is 3. The second-order valence-electron chi connectivity index (χ2n) is 4.17. The number of nitrogens with one attached hydrogen (secondary N) is 2. The maximum Gasteiger partial charge on any atom is 0.226 e. The number of benzene rings is 1. The van der Waals surface area contributed by atoms with E-state index in [1.54, 1.807) is 12.1 Å². The van der Waals surface area contributed by atoms with Gasteiger partial charge in [-0.2, -0.15) is 0 Å². The minimum atomic E-state index is -0.424. The summed E-state index contributed by atoms with van der Waals surface area (Å²) in [5, 5.41) is 5.82. The summed E-state index contributed by atoms with van der Waals surface area (Å²) in [5.41, 5.74) is 0.233. The Morgan fingerprint density at radius 1 is 1.59 bits per heavy atom. The third-order valence-corrected chi connectivity index (χ3v) is 3.29. The Balaban J connectivity index is 1.93. The topological polar surface area (TPSA) is 41.1 Å². The van der Waals surface area contributed by atoms with Gasteiger partial charge in [0.25, 0.3) is 0 Å². The molecule has 1 fully saturated rings. The van der Waals surface area contributed by atoms with Crippen LogP contribution in [0.3, 0.4) is 0 Å². The van der Waals surface area contributed by atoms with Crippen LogP contribution < -0.4 is 10.6 Å². The van der Waals surface area contributed by atoms with Crippen LogP contribution in [0.4, 0.5) is 10.1 Å². The Bertz CT molecular complexity index is 419. The fourth-order valence-corrected chi connectivity index (χ4v) is 2.28. The van der Waals surface area contributed by atoms with Crippen LogP contribution in [-0.2, 0) is 4.79 Å². The van der Waals surface area contributed by atoms with E-state index in [-0.39, 0.29) is 17.6 Å². The average molecular weight is 301 g/mol. The third-order valence-electron chi connectivity index (χ3n) is 2.80. The average Bonchev–Trinajstić information content (AvgIpc) is 2.75. The maximum absolute atomic E-state index is 13.5. The summed E-state index contributed by atoms with van der Waals surface area (Å²) >= 11 is 3.17. The second kappa shape index (κ2) is 5.60. The summed E-state index contributed by atoms with van der Waals surface area (Å²) in [4.78, 5) is 11.7. The van der Waals surface area contributed by atoms with Gasteiger partial charge in [0.15, 0.2) is 0 Å². The van der Waals surface area contributed by atoms with E-state index in [4.69, 9.17) is 0 Å². The monoisotopic (exact) mass is 300 g/mol. The quantitative estimate of drug-likeness (QED) is 0.901. The fraction of sp³-hybridized carbons (Fsp3) is 0.417. The number of halogens is 2. The van der Waals surface area contributed by atoms with Crippen LogP contribution in [0.25, 0.3) is 0 Å². The molecule has 1 saturated heterocycles. The molecule has 0 spiro atoms. The van der Waals surface area contributed by atoms with E-state index in [0.717, 1.165) is 19.4 Å². The molecule has 1 aromatic rings. The molecule has 1 aliphatic rings. The summed E-state index contributed by atoms with van der Waals surface area (Å²) in [7, 11) is 0. The van der Waals surface area contributed by atoms with E-state index >= 15 is 0 Å². The first-order valence-electron chi connectivity index (χ1n) is 5.63. The van der Waals surface area contributed by atoms with Crippen LogP contribution in [0.15, 0.2) is 22.7 Å². The molecule has 17 heavy (non-hydrogen) atoms. The highest BCUT2D eigenvalue weighted by molar-refractivity contribution is 9.10. The van der Waals surface area contributed by atoms with Crippen molar-refractivity contribution in [3.05, 3.63) is 28.5 Å². The van der Waals surface area contributed by atoms with Crippen molar-refractivity contribution in [1.29, 1.82) is 0 Å².